The van der Waals surface area contributed by atoms with E-state index >= 15 is 0 Å². The molecule has 2 atom stereocenters. The van der Waals surface area contributed by atoms with Gasteiger partial charge in [-0.1, -0.05) is 54.6 Å². The second-order valence-corrected chi connectivity index (χ2v) is 7.65. The molecule has 0 N–H and O–H groups in total. The molecule has 0 aromatic heterocycles. The topological polar surface area (TPSA) is 35.5 Å². The van der Waals surface area contributed by atoms with Crippen LogP contribution in [0.25, 0.3) is 10.8 Å². The number of methoxy groups -OCH3 is 2. The van der Waals surface area contributed by atoms with Crippen LogP contribution in [0.2, 0.25) is 0 Å². The van der Waals surface area contributed by atoms with E-state index in [1.165, 1.54) is 10.8 Å². The Morgan fingerprint density at radius 1 is 0.633 bits per heavy atom. The number of carbonyl (C=O) groups is 1. The maximum atomic E-state index is 13.5. The normalized spacial score (nSPS) is 17.7. The van der Waals surface area contributed by atoms with Gasteiger partial charge in [0.2, 0.25) is 0 Å². The van der Waals surface area contributed by atoms with Gasteiger partial charge in [0.15, 0.2) is 5.78 Å². The summed E-state index contributed by atoms with van der Waals surface area (Å²) in [7, 11) is 3.31. The van der Waals surface area contributed by atoms with E-state index in [1.54, 1.807) is 14.2 Å². The summed E-state index contributed by atoms with van der Waals surface area (Å²) in [5.41, 5.74) is 3.93. The first-order valence-corrected chi connectivity index (χ1v) is 10.0. The molecule has 3 nitrogen and oxygen atoms in total. The van der Waals surface area contributed by atoms with E-state index in [1.807, 2.05) is 54.6 Å². The van der Waals surface area contributed by atoms with Crippen LogP contribution < -0.4 is 9.47 Å². The molecule has 0 heterocycles. The van der Waals surface area contributed by atoms with Crippen molar-refractivity contribution in [1.82, 2.24) is 0 Å². The van der Waals surface area contributed by atoms with Gasteiger partial charge in [0, 0.05) is 11.5 Å². The zero-order chi connectivity index (χ0) is 20.7. The van der Waals surface area contributed by atoms with E-state index in [2.05, 4.69) is 30.3 Å². The third-order valence-electron chi connectivity index (χ3n) is 6.08. The third kappa shape index (κ3) is 2.94. The van der Waals surface area contributed by atoms with Gasteiger partial charge >= 0.3 is 0 Å². The molecule has 30 heavy (non-hydrogen) atoms. The summed E-state index contributed by atoms with van der Waals surface area (Å²) in [5, 5.41) is 2.37. The third-order valence-corrected chi connectivity index (χ3v) is 6.08. The molecular weight excluding hydrogens is 372 g/mol. The molecule has 0 saturated carbocycles. The van der Waals surface area contributed by atoms with Crippen molar-refractivity contribution in [2.24, 2.45) is 0 Å². The second kappa shape index (κ2) is 7.34. The zero-order valence-corrected chi connectivity index (χ0v) is 17.0. The summed E-state index contributed by atoms with van der Waals surface area (Å²) in [4.78, 5) is 13.5. The van der Waals surface area contributed by atoms with Gasteiger partial charge < -0.3 is 9.47 Å². The number of ether oxygens (including phenoxy) is 2. The maximum Gasteiger partial charge on any atom is 0.171 e. The first-order chi connectivity index (χ1) is 14.7. The molecule has 0 unspecified atom stereocenters. The van der Waals surface area contributed by atoms with Crippen LogP contribution in [0.1, 0.15) is 38.9 Å². The summed E-state index contributed by atoms with van der Waals surface area (Å²) in [6.07, 6.45) is 0. The highest BCUT2D eigenvalue weighted by atomic mass is 16.5. The van der Waals surface area contributed by atoms with E-state index in [-0.39, 0.29) is 17.6 Å². The van der Waals surface area contributed by atoms with E-state index in [9.17, 15) is 4.79 Å². The predicted octanol–water partition coefficient (Wildman–Crippen LogP) is 5.97. The summed E-state index contributed by atoms with van der Waals surface area (Å²) >= 11 is 0. The van der Waals surface area contributed by atoms with Crippen molar-refractivity contribution in [2.45, 2.75) is 11.8 Å². The maximum absolute atomic E-state index is 13.5. The van der Waals surface area contributed by atoms with Gasteiger partial charge in [-0.3, -0.25) is 4.79 Å². The minimum atomic E-state index is -0.279. The molecular formula is C27H22O3. The van der Waals surface area contributed by atoms with Crippen molar-refractivity contribution < 1.29 is 14.3 Å². The SMILES string of the molecule is COc1ccc([C@@H]2C(=O)c3ccc(OC)cc3[C@H]2c2ccc3ccccc3c2)cc1. The number of fused-ring (bicyclic) bond motifs is 2. The summed E-state index contributed by atoms with van der Waals surface area (Å²) in [6, 6.07) is 28.4. The Balaban J connectivity index is 1.70. The minimum absolute atomic E-state index is 0.0689. The van der Waals surface area contributed by atoms with Crippen LogP contribution in [0.3, 0.4) is 0 Å². The molecule has 5 rings (SSSR count). The number of rotatable bonds is 4. The van der Waals surface area contributed by atoms with Crippen molar-refractivity contribution in [2.75, 3.05) is 14.2 Å². The fourth-order valence-electron chi connectivity index (χ4n) is 4.58. The van der Waals surface area contributed by atoms with E-state index in [0.717, 1.165) is 33.8 Å². The van der Waals surface area contributed by atoms with Gasteiger partial charge in [0.1, 0.15) is 11.5 Å². The summed E-state index contributed by atoms with van der Waals surface area (Å²) < 4.78 is 10.8. The van der Waals surface area contributed by atoms with Crippen molar-refractivity contribution in [3.63, 3.8) is 0 Å². The van der Waals surface area contributed by atoms with Gasteiger partial charge in [-0.25, -0.2) is 0 Å². The number of ketones is 1. The number of benzene rings is 4. The lowest BCUT2D eigenvalue weighted by molar-refractivity contribution is 0.0968. The van der Waals surface area contributed by atoms with Crippen LogP contribution in [0.4, 0.5) is 0 Å². The number of carbonyl (C=O) groups excluding carboxylic acids is 1. The van der Waals surface area contributed by atoms with Crippen LogP contribution in [0.5, 0.6) is 11.5 Å². The molecule has 0 saturated heterocycles. The van der Waals surface area contributed by atoms with Crippen LogP contribution in [-0.4, -0.2) is 20.0 Å². The largest absolute Gasteiger partial charge is 0.497 e. The van der Waals surface area contributed by atoms with Crippen LogP contribution in [0.15, 0.2) is 84.9 Å². The molecule has 148 valence electrons. The van der Waals surface area contributed by atoms with Crippen LogP contribution >= 0.6 is 0 Å². The molecule has 0 fully saturated rings. The van der Waals surface area contributed by atoms with Crippen molar-refractivity contribution >= 4 is 16.6 Å². The summed E-state index contributed by atoms with van der Waals surface area (Å²) in [6.45, 7) is 0. The van der Waals surface area contributed by atoms with Gasteiger partial charge in [-0.15, -0.1) is 0 Å². The smallest absolute Gasteiger partial charge is 0.171 e. The molecule has 0 amide bonds. The Morgan fingerprint density at radius 2 is 1.30 bits per heavy atom. The molecule has 0 radical (unpaired) electrons. The fraction of sp³-hybridized carbons (Fsp3) is 0.148. The number of hydrogen-bond acceptors (Lipinski definition) is 3. The quantitative estimate of drug-likeness (QED) is 0.428. The van der Waals surface area contributed by atoms with Gasteiger partial charge in [0.25, 0.3) is 0 Å². The first kappa shape index (κ1) is 18.4. The highest BCUT2D eigenvalue weighted by Crippen LogP contribution is 2.49. The Bertz CT molecular complexity index is 1240. The Kier molecular flexibility index (Phi) is 4.51. The van der Waals surface area contributed by atoms with Crippen molar-refractivity contribution in [3.8, 4) is 11.5 Å². The molecule has 0 aliphatic heterocycles. The lowest BCUT2D eigenvalue weighted by atomic mass is 9.81. The average Bonchev–Trinajstić information content (AvgIpc) is 3.10. The molecule has 0 bridgehead atoms. The molecule has 4 aromatic rings. The standard InChI is InChI=1S/C27H22O3/c1-29-21-11-9-18(10-12-21)26-25(20-8-7-17-5-3-4-6-19(17)15-20)24-16-22(30-2)13-14-23(24)27(26)28/h3-16,25-26H,1-2H3/t25-,26+/m1/s1. The molecule has 1 aliphatic rings. The Morgan fingerprint density at radius 3 is 2.03 bits per heavy atom. The predicted molar refractivity (Wildman–Crippen MR) is 119 cm³/mol. The Labute approximate surface area is 175 Å². The molecule has 1 aliphatic carbocycles. The molecule has 4 aromatic carbocycles. The monoisotopic (exact) mass is 394 g/mol. The van der Waals surface area contributed by atoms with Crippen LogP contribution in [-0.2, 0) is 0 Å². The minimum Gasteiger partial charge on any atom is -0.497 e. The fourth-order valence-corrected chi connectivity index (χ4v) is 4.58. The van der Waals surface area contributed by atoms with Gasteiger partial charge in [0.05, 0.1) is 20.1 Å². The van der Waals surface area contributed by atoms with Gasteiger partial charge in [-0.05, 0) is 57.8 Å². The van der Waals surface area contributed by atoms with Crippen molar-refractivity contribution in [3.05, 3.63) is 107 Å². The summed E-state index contributed by atoms with van der Waals surface area (Å²) in [5.74, 6) is 1.35. The van der Waals surface area contributed by atoms with E-state index in [0.29, 0.717) is 0 Å². The van der Waals surface area contributed by atoms with E-state index < -0.39 is 0 Å². The lowest BCUT2D eigenvalue weighted by Crippen LogP contribution is -2.13. The lowest BCUT2D eigenvalue weighted by Gasteiger charge is -2.21. The average molecular weight is 394 g/mol. The number of Topliss-reactive ketones (excluding diaryl/α,β-unsaturated/α-hetero) is 1. The zero-order valence-electron chi connectivity index (χ0n) is 17.0. The first-order valence-electron chi connectivity index (χ1n) is 10.0. The van der Waals surface area contributed by atoms with Crippen molar-refractivity contribution in [1.29, 1.82) is 0 Å². The molecule has 0 spiro atoms. The molecule has 3 heteroatoms. The van der Waals surface area contributed by atoms with Crippen LogP contribution in [0, 0.1) is 0 Å². The van der Waals surface area contributed by atoms with Gasteiger partial charge in [-0.2, -0.15) is 0 Å². The Hall–Kier alpha value is -3.59. The number of hydrogen-bond donors (Lipinski definition) is 0. The second-order valence-electron chi connectivity index (χ2n) is 7.65. The highest BCUT2D eigenvalue weighted by molar-refractivity contribution is 6.07. The van der Waals surface area contributed by atoms with E-state index in [4.69, 9.17) is 9.47 Å². The highest BCUT2D eigenvalue weighted by Gasteiger charge is 2.41.